The molecule has 1 unspecified atom stereocenters. The SMILES string of the molecule is CC(C)CC(O)CNCC(=O)N1CCc2sccc2C1. The smallest absolute Gasteiger partial charge is 0.236 e. The van der Waals surface area contributed by atoms with Crippen molar-refractivity contribution in [3.8, 4) is 0 Å². The second kappa shape index (κ2) is 7.20. The third kappa shape index (κ3) is 4.30. The van der Waals surface area contributed by atoms with E-state index in [9.17, 15) is 9.90 Å². The van der Waals surface area contributed by atoms with Crippen LogP contribution in [-0.2, 0) is 17.8 Å². The zero-order valence-electron chi connectivity index (χ0n) is 12.3. The summed E-state index contributed by atoms with van der Waals surface area (Å²) >= 11 is 1.78. The van der Waals surface area contributed by atoms with Gasteiger partial charge in [0, 0.05) is 24.5 Å². The van der Waals surface area contributed by atoms with Crippen molar-refractivity contribution in [1.29, 1.82) is 0 Å². The Morgan fingerprint density at radius 2 is 2.35 bits per heavy atom. The maximum absolute atomic E-state index is 12.1. The first kappa shape index (κ1) is 15.5. The van der Waals surface area contributed by atoms with Gasteiger partial charge >= 0.3 is 0 Å². The fourth-order valence-corrected chi connectivity index (χ4v) is 3.44. The summed E-state index contributed by atoms with van der Waals surface area (Å²) in [6.45, 7) is 6.51. The van der Waals surface area contributed by atoms with Crippen LogP contribution in [0, 0.1) is 5.92 Å². The van der Waals surface area contributed by atoms with E-state index in [0.29, 0.717) is 19.0 Å². The Labute approximate surface area is 124 Å². The number of hydrogen-bond donors (Lipinski definition) is 2. The first-order chi connectivity index (χ1) is 9.56. The molecule has 1 amide bonds. The molecule has 2 rings (SSSR count). The van der Waals surface area contributed by atoms with Crippen molar-refractivity contribution in [3.63, 3.8) is 0 Å². The molecule has 20 heavy (non-hydrogen) atoms. The lowest BCUT2D eigenvalue weighted by atomic mass is 10.1. The van der Waals surface area contributed by atoms with Crippen LogP contribution in [0.15, 0.2) is 11.4 Å². The standard InChI is InChI=1S/C15H24N2O2S/c1-11(2)7-13(18)8-16-9-15(19)17-5-3-14-12(10-17)4-6-20-14/h4,6,11,13,16,18H,3,5,7-10H2,1-2H3. The molecule has 0 saturated heterocycles. The molecule has 0 saturated carbocycles. The predicted molar refractivity (Wildman–Crippen MR) is 81.8 cm³/mol. The molecule has 0 radical (unpaired) electrons. The van der Waals surface area contributed by atoms with Crippen molar-refractivity contribution in [2.24, 2.45) is 5.92 Å². The van der Waals surface area contributed by atoms with E-state index in [4.69, 9.17) is 0 Å². The Morgan fingerprint density at radius 3 is 3.10 bits per heavy atom. The molecule has 1 aliphatic rings. The molecular formula is C15H24N2O2S. The number of fused-ring (bicyclic) bond motifs is 1. The van der Waals surface area contributed by atoms with Gasteiger partial charge in [0.15, 0.2) is 0 Å². The van der Waals surface area contributed by atoms with Gasteiger partial charge in [0.05, 0.1) is 12.6 Å². The highest BCUT2D eigenvalue weighted by Crippen LogP contribution is 2.23. The van der Waals surface area contributed by atoms with Crippen LogP contribution in [0.1, 0.15) is 30.7 Å². The number of carbonyl (C=O) groups is 1. The number of carbonyl (C=O) groups excluding carboxylic acids is 1. The predicted octanol–water partition coefficient (Wildman–Crippen LogP) is 1.63. The quantitative estimate of drug-likeness (QED) is 0.839. The van der Waals surface area contributed by atoms with Gasteiger partial charge in [0.2, 0.25) is 5.91 Å². The molecule has 0 fully saturated rings. The molecule has 0 aliphatic carbocycles. The summed E-state index contributed by atoms with van der Waals surface area (Å²) in [5, 5.41) is 14.9. The molecule has 1 aromatic heterocycles. The summed E-state index contributed by atoms with van der Waals surface area (Å²) in [5.74, 6) is 0.597. The highest BCUT2D eigenvalue weighted by atomic mass is 32.1. The normalized spacial score (nSPS) is 16.3. The molecule has 112 valence electrons. The number of hydrogen-bond acceptors (Lipinski definition) is 4. The number of amides is 1. The van der Waals surface area contributed by atoms with Gasteiger partial charge in [-0.15, -0.1) is 11.3 Å². The molecule has 0 bridgehead atoms. The first-order valence-electron chi connectivity index (χ1n) is 7.28. The van der Waals surface area contributed by atoms with Crippen LogP contribution >= 0.6 is 11.3 Å². The van der Waals surface area contributed by atoms with E-state index in [1.807, 2.05) is 4.90 Å². The molecule has 1 atom stereocenters. The Kier molecular flexibility index (Phi) is 5.57. The highest BCUT2D eigenvalue weighted by molar-refractivity contribution is 7.10. The fraction of sp³-hybridized carbons (Fsp3) is 0.667. The van der Waals surface area contributed by atoms with E-state index in [0.717, 1.165) is 25.9 Å². The molecule has 1 aliphatic heterocycles. The van der Waals surface area contributed by atoms with Crippen molar-refractivity contribution < 1.29 is 9.90 Å². The summed E-state index contributed by atoms with van der Waals surface area (Å²) in [4.78, 5) is 15.4. The second-order valence-electron chi connectivity index (χ2n) is 5.85. The van der Waals surface area contributed by atoms with Crippen molar-refractivity contribution in [3.05, 3.63) is 21.9 Å². The zero-order chi connectivity index (χ0) is 14.5. The Morgan fingerprint density at radius 1 is 1.55 bits per heavy atom. The van der Waals surface area contributed by atoms with E-state index in [1.165, 1.54) is 10.4 Å². The van der Waals surface area contributed by atoms with Crippen LogP contribution in [0.3, 0.4) is 0 Å². The second-order valence-corrected chi connectivity index (χ2v) is 6.85. The van der Waals surface area contributed by atoms with Crippen molar-refractivity contribution in [1.82, 2.24) is 10.2 Å². The molecule has 5 heteroatoms. The number of thiophene rings is 1. The highest BCUT2D eigenvalue weighted by Gasteiger charge is 2.21. The van der Waals surface area contributed by atoms with Crippen LogP contribution in [0.2, 0.25) is 0 Å². The number of rotatable bonds is 6. The summed E-state index contributed by atoms with van der Waals surface area (Å²) in [7, 11) is 0. The number of nitrogens with one attached hydrogen (secondary N) is 1. The van der Waals surface area contributed by atoms with Gasteiger partial charge in [-0.3, -0.25) is 4.79 Å². The van der Waals surface area contributed by atoms with Gasteiger partial charge < -0.3 is 15.3 Å². The third-order valence-corrected chi connectivity index (χ3v) is 4.58. The third-order valence-electron chi connectivity index (χ3n) is 3.56. The van der Waals surface area contributed by atoms with E-state index < -0.39 is 0 Å². The number of aliphatic hydroxyl groups is 1. The minimum atomic E-state index is -0.368. The Hall–Kier alpha value is -0.910. The molecular weight excluding hydrogens is 272 g/mol. The minimum absolute atomic E-state index is 0.124. The Balaban J connectivity index is 1.71. The van der Waals surface area contributed by atoms with Gasteiger partial charge in [-0.1, -0.05) is 13.8 Å². The van der Waals surface area contributed by atoms with Gasteiger partial charge in [0.1, 0.15) is 0 Å². The number of aliphatic hydroxyl groups excluding tert-OH is 1. The lowest BCUT2D eigenvalue weighted by Crippen LogP contribution is -2.42. The summed E-state index contributed by atoms with van der Waals surface area (Å²) in [6, 6.07) is 2.11. The number of nitrogens with zero attached hydrogens (tertiary/aromatic N) is 1. The molecule has 4 nitrogen and oxygen atoms in total. The minimum Gasteiger partial charge on any atom is -0.392 e. The molecule has 0 aromatic carbocycles. The lowest BCUT2D eigenvalue weighted by molar-refractivity contribution is -0.131. The van der Waals surface area contributed by atoms with Gasteiger partial charge in [0.25, 0.3) is 0 Å². The van der Waals surface area contributed by atoms with Crippen LogP contribution < -0.4 is 5.32 Å². The molecule has 2 heterocycles. The van der Waals surface area contributed by atoms with Crippen LogP contribution in [0.5, 0.6) is 0 Å². The largest absolute Gasteiger partial charge is 0.392 e. The summed E-state index contributed by atoms with van der Waals surface area (Å²) in [5.41, 5.74) is 1.29. The van der Waals surface area contributed by atoms with Crippen molar-refractivity contribution in [2.45, 2.75) is 39.3 Å². The van der Waals surface area contributed by atoms with Gasteiger partial charge in [-0.05, 0) is 35.8 Å². The van der Waals surface area contributed by atoms with Crippen molar-refractivity contribution in [2.75, 3.05) is 19.6 Å². The van der Waals surface area contributed by atoms with E-state index >= 15 is 0 Å². The fourth-order valence-electron chi connectivity index (χ4n) is 2.55. The maximum atomic E-state index is 12.1. The zero-order valence-corrected chi connectivity index (χ0v) is 13.1. The van der Waals surface area contributed by atoms with E-state index in [1.54, 1.807) is 11.3 Å². The lowest BCUT2D eigenvalue weighted by Gasteiger charge is -2.27. The van der Waals surface area contributed by atoms with E-state index in [2.05, 4.69) is 30.6 Å². The molecule has 0 spiro atoms. The summed E-state index contributed by atoms with van der Waals surface area (Å²) in [6.07, 6.45) is 1.37. The average molecular weight is 296 g/mol. The molecule has 1 aromatic rings. The first-order valence-corrected chi connectivity index (χ1v) is 8.16. The summed E-state index contributed by atoms with van der Waals surface area (Å²) < 4.78 is 0. The topological polar surface area (TPSA) is 52.6 Å². The van der Waals surface area contributed by atoms with E-state index in [-0.39, 0.29) is 12.0 Å². The van der Waals surface area contributed by atoms with Crippen LogP contribution in [-0.4, -0.2) is 41.7 Å². The maximum Gasteiger partial charge on any atom is 0.236 e. The Bertz CT molecular complexity index is 445. The monoisotopic (exact) mass is 296 g/mol. The molecule has 2 N–H and O–H groups in total. The van der Waals surface area contributed by atoms with Gasteiger partial charge in [-0.25, -0.2) is 0 Å². The average Bonchev–Trinajstić information content (AvgIpc) is 2.84. The van der Waals surface area contributed by atoms with Crippen LogP contribution in [0.25, 0.3) is 0 Å². The van der Waals surface area contributed by atoms with Crippen LogP contribution in [0.4, 0.5) is 0 Å². The van der Waals surface area contributed by atoms with Gasteiger partial charge in [-0.2, -0.15) is 0 Å². The van der Waals surface area contributed by atoms with Crippen molar-refractivity contribution >= 4 is 17.2 Å².